The van der Waals surface area contributed by atoms with Crippen molar-refractivity contribution in [2.75, 3.05) is 25.0 Å². The molecule has 1 saturated heterocycles. The first-order valence-corrected chi connectivity index (χ1v) is 10.3. The lowest BCUT2D eigenvalue weighted by molar-refractivity contribution is -0.137. The number of hydrogen-bond acceptors (Lipinski definition) is 4. The number of H-pyrrole nitrogens is 1. The standard InChI is InChI=1S/C21H25F3N6O2/c1-12-10-29(9-8-25-12)19(32)30-11-15-16(20(30,2)3)27-28-17(15)26-18(31)13-4-6-14(7-5-13)21(22,23)24/h4-7,12,25H,8-11H2,1-3H3,(H2,26,27,28,31)/t12-/m1/s1. The largest absolute Gasteiger partial charge is 0.416 e. The SMILES string of the molecule is C[C@@H]1CN(C(=O)N2Cc3c(NC(=O)c4ccc(C(F)(F)F)cc4)n[nH]c3C2(C)C)CCN1. The topological polar surface area (TPSA) is 93.4 Å². The van der Waals surface area contributed by atoms with Crippen molar-refractivity contribution in [2.45, 2.75) is 45.1 Å². The summed E-state index contributed by atoms with van der Waals surface area (Å²) in [5, 5.41) is 13.1. The van der Waals surface area contributed by atoms with Gasteiger partial charge in [0, 0.05) is 36.8 Å². The molecule has 32 heavy (non-hydrogen) atoms. The average Bonchev–Trinajstić information content (AvgIpc) is 3.25. The smallest absolute Gasteiger partial charge is 0.322 e. The van der Waals surface area contributed by atoms with Gasteiger partial charge in [-0.3, -0.25) is 9.89 Å². The Labute approximate surface area is 183 Å². The Kier molecular flexibility index (Phi) is 5.40. The molecular weight excluding hydrogens is 425 g/mol. The van der Waals surface area contributed by atoms with Crippen LogP contribution in [-0.2, 0) is 18.3 Å². The Morgan fingerprint density at radius 2 is 1.91 bits per heavy atom. The maximum atomic E-state index is 13.2. The number of halogens is 3. The molecule has 4 rings (SSSR count). The van der Waals surface area contributed by atoms with E-state index >= 15 is 0 Å². The van der Waals surface area contributed by atoms with Gasteiger partial charge in [-0.1, -0.05) is 0 Å². The van der Waals surface area contributed by atoms with Gasteiger partial charge in [-0.2, -0.15) is 18.3 Å². The van der Waals surface area contributed by atoms with Crippen LogP contribution in [0.4, 0.5) is 23.8 Å². The molecule has 0 saturated carbocycles. The number of nitrogens with zero attached hydrogens (tertiary/aromatic N) is 3. The molecule has 3 amide bonds. The molecule has 172 valence electrons. The van der Waals surface area contributed by atoms with E-state index in [1.54, 1.807) is 4.90 Å². The summed E-state index contributed by atoms with van der Waals surface area (Å²) in [6, 6.07) is 4.08. The summed E-state index contributed by atoms with van der Waals surface area (Å²) in [6.45, 7) is 8.04. The molecule has 0 bridgehead atoms. The number of carbonyl (C=O) groups is 2. The van der Waals surface area contributed by atoms with Crippen molar-refractivity contribution in [3.63, 3.8) is 0 Å². The zero-order valence-electron chi connectivity index (χ0n) is 18.0. The van der Waals surface area contributed by atoms with Gasteiger partial charge in [-0.05, 0) is 45.0 Å². The molecule has 0 radical (unpaired) electrons. The Balaban J connectivity index is 1.51. The molecule has 1 atom stereocenters. The number of anilines is 1. The van der Waals surface area contributed by atoms with Crippen LogP contribution in [0, 0.1) is 0 Å². The zero-order valence-corrected chi connectivity index (χ0v) is 18.0. The van der Waals surface area contributed by atoms with Gasteiger partial charge >= 0.3 is 12.2 Å². The minimum absolute atomic E-state index is 0.0785. The molecule has 0 aliphatic carbocycles. The number of carbonyl (C=O) groups excluding carboxylic acids is 2. The minimum atomic E-state index is -4.47. The number of aromatic nitrogens is 2. The monoisotopic (exact) mass is 450 g/mol. The van der Waals surface area contributed by atoms with Gasteiger partial charge in [0.05, 0.1) is 23.3 Å². The van der Waals surface area contributed by atoms with Crippen molar-refractivity contribution in [3.05, 3.63) is 46.6 Å². The molecule has 1 aromatic carbocycles. The van der Waals surface area contributed by atoms with Crippen LogP contribution in [-0.4, -0.2) is 57.6 Å². The third-order valence-electron chi connectivity index (χ3n) is 6.05. The number of aromatic amines is 1. The number of alkyl halides is 3. The van der Waals surface area contributed by atoms with Crippen molar-refractivity contribution < 1.29 is 22.8 Å². The molecule has 3 heterocycles. The molecular formula is C21H25F3N6O2. The Bertz CT molecular complexity index is 1030. The summed E-state index contributed by atoms with van der Waals surface area (Å²) in [5.41, 5.74) is -0.00338. The zero-order chi connectivity index (χ0) is 23.3. The molecule has 2 aromatic rings. The minimum Gasteiger partial charge on any atom is -0.322 e. The molecule has 1 fully saturated rings. The highest BCUT2D eigenvalue weighted by atomic mass is 19.4. The molecule has 2 aliphatic heterocycles. The highest BCUT2D eigenvalue weighted by molar-refractivity contribution is 6.04. The normalized spacial score (nSPS) is 20.2. The number of amides is 3. The van der Waals surface area contributed by atoms with E-state index in [1.807, 2.05) is 25.7 Å². The van der Waals surface area contributed by atoms with Crippen LogP contribution in [0.3, 0.4) is 0 Å². The van der Waals surface area contributed by atoms with Crippen LogP contribution in [0.2, 0.25) is 0 Å². The molecule has 0 unspecified atom stereocenters. The van der Waals surface area contributed by atoms with E-state index in [1.165, 1.54) is 0 Å². The van der Waals surface area contributed by atoms with E-state index in [9.17, 15) is 22.8 Å². The predicted octanol–water partition coefficient (Wildman–Crippen LogP) is 3.15. The second kappa shape index (κ2) is 7.80. The van der Waals surface area contributed by atoms with Gasteiger partial charge < -0.3 is 20.4 Å². The summed E-state index contributed by atoms with van der Waals surface area (Å²) in [6.07, 6.45) is -4.47. The first-order valence-electron chi connectivity index (χ1n) is 10.3. The number of nitrogens with one attached hydrogen (secondary N) is 3. The maximum Gasteiger partial charge on any atom is 0.416 e. The van der Waals surface area contributed by atoms with Crippen molar-refractivity contribution in [3.8, 4) is 0 Å². The van der Waals surface area contributed by atoms with Crippen LogP contribution >= 0.6 is 0 Å². The predicted molar refractivity (Wildman–Crippen MR) is 111 cm³/mol. The van der Waals surface area contributed by atoms with Crippen LogP contribution in [0.15, 0.2) is 24.3 Å². The number of benzene rings is 1. The van der Waals surface area contributed by atoms with E-state index in [2.05, 4.69) is 20.8 Å². The highest BCUT2D eigenvalue weighted by Gasteiger charge is 2.45. The molecule has 11 heteroatoms. The average molecular weight is 450 g/mol. The van der Waals surface area contributed by atoms with E-state index in [0.29, 0.717) is 18.7 Å². The molecule has 3 N–H and O–H groups in total. The highest BCUT2D eigenvalue weighted by Crippen LogP contribution is 2.41. The van der Waals surface area contributed by atoms with Gasteiger partial charge in [0.15, 0.2) is 5.82 Å². The van der Waals surface area contributed by atoms with Crippen LogP contribution in [0.25, 0.3) is 0 Å². The van der Waals surface area contributed by atoms with Crippen LogP contribution in [0.1, 0.15) is 48.0 Å². The van der Waals surface area contributed by atoms with Gasteiger partial charge in [0.25, 0.3) is 5.91 Å². The molecule has 8 nitrogen and oxygen atoms in total. The Hall–Kier alpha value is -3.08. The third kappa shape index (κ3) is 3.92. The fourth-order valence-electron chi connectivity index (χ4n) is 4.19. The summed E-state index contributed by atoms with van der Waals surface area (Å²) in [5.74, 6) is -0.312. The molecule has 0 spiro atoms. The van der Waals surface area contributed by atoms with E-state index < -0.39 is 23.2 Å². The number of hydrogen-bond donors (Lipinski definition) is 3. The van der Waals surface area contributed by atoms with Crippen molar-refractivity contribution >= 4 is 17.8 Å². The van der Waals surface area contributed by atoms with E-state index in [0.717, 1.165) is 36.5 Å². The summed E-state index contributed by atoms with van der Waals surface area (Å²) < 4.78 is 38.3. The summed E-state index contributed by atoms with van der Waals surface area (Å²) >= 11 is 0. The Morgan fingerprint density at radius 3 is 2.53 bits per heavy atom. The first-order chi connectivity index (χ1) is 15.0. The lowest BCUT2D eigenvalue weighted by atomic mass is 10.0. The maximum absolute atomic E-state index is 13.2. The van der Waals surface area contributed by atoms with Gasteiger partial charge in [0.2, 0.25) is 0 Å². The quantitative estimate of drug-likeness (QED) is 0.655. The second-order valence-electron chi connectivity index (χ2n) is 8.68. The fourth-order valence-corrected chi connectivity index (χ4v) is 4.19. The lowest BCUT2D eigenvalue weighted by Crippen LogP contribution is -2.56. The van der Waals surface area contributed by atoms with Crippen LogP contribution < -0.4 is 10.6 Å². The molecule has 2 aliphatic rings. The van der Waals surface area contributed by atoms with Crippen LogP contribution in [0.5, 0.6) is 0 Å². The number of piperazine rings is 1. The van der Waals surface area contributed by atoms with Crippen molar-refractivity contribution in [2.24, 2.45) is 0 Å². The summed E-state index contributed by atoms with van der Waals surface area (Å²) in [4.78, 5) is 29.3. The van der Waals surface area contributed by atoms with Gasteiger partial charge in [-0.15, -0.1) is 0 Å². The van der Waals surface area contributed by atoms with Crippen molar-refractivity contribution in [1.82, 2.24) is 25.3 Å². The van der Waals surface area contributed by atoms with Gasteiger partial charge in [-0.25, -0.2) is 4.79 Å². The number of fused-ring (bicyclic) bond motifs is 1. The fraction of sp³-hybridized carbons (Fsp3) is 0.476. The van der Waals surface area contributed by atoms with Gasteiger partial charge in [0.1, 0.15) is 0 Å². The van der Waals surface area contributed by atoms with E-state index in [4.69, 9.17) is 0 Å². The molecule has 1 aromatic heterocycles. The number of rotatable bonds is 2. The summed E-state index contributed by atoms with van der Waals surface area (Å²) in [7, 11) is 0. The number of urea groups is 1. The first kappa shape index (κ1) is 22.1. The second-order valence-corrected chi connectivity index (χ2v) is 8.68. The lowest BCUT2D eigenvalue weighted by Gasteiger charge is -2.39. The Morgan fingerprint density at radius 1 is 1.22 bits per heavy atom. The third-order valence-corrected chi connectivity index (χ3v) is 6.05. The van der Waals surface area contributed by atoms with E-state index in [-0.39, 0.29) is 30.0 Å². The van der Waals surface area contributed by atoms with Crippen molar-refractivity contribution in [1.29, 1.82) is 0 Å².